The van der Waals surface area contributed by atoms with Crippen molar-refractivity contribution in [3.8, 4) is 11.3 Å². The van der Waals surface area contributed by atoms with E-state index in [1.54, 1.807) is 23.3 Å². The van der Waals surface area contributed by atoms with Gasteiger partial charge in [0.05, 0.1) is 12.2 Å². The van der Waals surface area contributed by atoms with Gasteiger partial charge in [-0.2, -0.15) is 0 Å². The number of benzene rings is 1. The number of hydrogen-bond acceptors (Lipinski definition) is 5. The van der Waals surface area contributed by atoms with E-state index < -0.39 is 0 Å². The molecule has 3 heterocycles. The molecule has 0 unspecified atom stereocenters. The second-order valence-corrected chi connectivity index (χ2v) is 8.17. The standard InChI is InChI=1S/C18H15ClN4OS2/c1-11-9-25-16(20-11)8-22(2)17(24)15-10-26-18-21-14(7-23(15)18)12-4-3-5-13(19)6-12/h3-7,9-10H,8H2,1-2H3. The van der Waals surface area contributed by atoms with Crippen LogP contribution in [0.1, 0.15) is 21.2 Å². The molecule has 8 heteroatoms. The molecule has 132 valence electrons. The number of thiazole rings is 2. The Morgan fingerprint density at radius 1 is 1.27 bits per heavy atom. The Labute approximate surface area is 163 Å². The molecule has 26 heavy (non-hydrogen) atoms. The van der Waals surface area contributed by atoms with Crippen LogP contribution >= 0.6 is 34.3 Å². The highest BCUT2D eigenvalue weighted by atomic mass is 35.5. The molecule has 4 aromatic rings. The number of carbonyl (C=O) groups is 1. The highest BCUT2D eigenvalue weighted by Crippen LogP contribution is 2.26. The third kappa shape index (κ3) is 3.25. The maximum Gasteiger partial charge on any atom is 0.271 e. The summed E-state index contributed by atoms with van der Waals surface area (Å²) in [7, 11) is 1.79. The largest absolute Gasteiger partial charge is 0.334 e. The molecule has 0 saturated heterocycles. The summed E-state index contributed by atoms with van der Waals surface area (Å²) in [4.78, 5) is 24.4. The predicted octanol–water partition coefficient (Wildman–Crippen LogP) is 4.75. The monoisotopic (exact) mass is 402 g/mol. The summed E-state index contributed by atoms with van der Waals surface area (Å²) in [6, 6.07) is 7.54. The highest BCUT2D eigenvalue weighted by Gasteiger charge is 2.19. The lowest BCUT2D eigenvalue weighted by molar-refractivity contribution is 0.0778. The fourth-order valence-corrected chi connectivity index (χ4v) is 4.53. The Hall–Kier alpha value is -2.22. The third-order valence-corrected chi connectivity index (χ3v) is 5.96. The van der Waals surface area contributed by atoms with Crippen LogP contribution in [0.3, 0.4) is 0 Å². The molecule has 0 spiro atoms. The van der Waals surface area contributed by atoms with Gasteiger partial charge in [0.15, 0.2) is 4.96 Å². The lowest BCUT2D eigenvalue weighted by Gasteiger charge is -2.14. The summed E-state index contributed by atoms with van der Waals surface area (Å²) < 4.78 is 1.84. The fourth-order valence-electron chi connectivity index (χ4n) is 2.67. The van der Waals surface area contributed by atoms with Crippen molar-refractivity contribution in [1.82, 2.24) is 19.3 Å². The normalized spacial score (nSPS) is 11.2. The Bertz CT molecular complexity index is 1100. The summed E-state index contributed by atoms with van der Waals surface area (Å²) >= 11 is 9.08. The van der Waals surface area contributed by atoms with Gasteiger partial charge in [0.2, 0.25) is 0 Å². The van der Waals surface area contributed by atoms with Gasteiger partial charge in [0.1, 0.15) is 10.7 Å². The van der Waals surface area contributed by atoms with Gasteiger partial charge in [0.25, 0.3) is 5.91 Å². The Kier molecular flexibility index (Phi) is 4.52. The third-order valence-electron chi connectivity index (χ3n) is 3.93. The van der Waals surface area contributed by atoms with E-state index in [-0.39, 0.29) is 5.91 Å². The van der Waals surface area contributed by atoms with Gasteiger partial charge in [-0.1, -0.05) is 23.7 Å². The van der Waals surface area contributed by atoms with E-state index in [9.17, 15) is 4.79 Å². The van der Waals surface area contributed by atoms with Gasteiger partial charge in [-0.25, -0.2) is 9.97 Å². The molecule has 3 aromatic heterocycles. The van der Waals surface area contributed by atoms with Crippen molar-refractivity contribution < 1.29 is 4.79 Å². The zero-order chi connectivity index (χ0) is 18.3. The van der Waals surface area contributed by atoms with E-state index in [0.29, 0.717) is 17.3 Å². The summed E-state index contributed by atoms with van der Waals surface area (Å²) in [5.74, 6) is -0.0563. The van der Waals surface area contributed by atoms with Crippen LogP contribution in [-0.2, 0) is 6.54 Å². The Morgan fingerprint density at radius 2 is 2.12 bits per heavy atom. The molecule has 0 N–H and O–H groups in total. The molecule has 4 rings (SSSR count). The molecule has 0 aliphatic rings. The first-order valence-corrected chi connectivity index (χ1v) is 10.0. The van der Waals surface area contributed by atoms with Crippen molar-refractivity contribution in [3.63, 3.8) is 0 Å². The van der Waals surface area contributed by atoms with Crippen molar-refractivity contribution in [2.75, 3.05) is 7.05 Å². The lowest BCUT2D eigenvalue weighted by Crippen LogP contribution is -2.27. The van der Waals surface area contributed by atoms with E-state index in [1.165, 1.54) is 11.3 Å². The van der Waals surface area contributed by atoms with Crippen LogP contribution in [0.15, 0.2) is 41.2 Å². The smallest absolute Gasteiger partial charge is 0.271 e. The summed E-state index contributed by atoms with van der Waals surface area (Å²) in [6.07, 6.45) is 1.88. The van der Waals surface area contributed by atoms with Crippen LogP contribution in [0.25, 0.3) is 16.2 Å². The second kappa shape index (κ2) is 6.83. The van der Waals surface area contributed by atoms with Crippen LogP contribution < -0.4 is 0 Å². The summed E-state index contributed by atoms with van der Waals surface area (Å²) in [5, 5.41) is 5.42. The summed E-state index contributed by atoms with van der Waals surface area (Å²) in [6.45, 7) is 2.44. The van der Waals surface area contributed by atoms with Crippen molar-refractivity contribution in [2.24, 2.45) is 0 Å². The molecule has 0 atom stereocenters. The van der Waals surface area contributed by atoms with Crippen LogP contribution in [0.2, 0.25) is 5.02 Å². The van der Waals surface area contributed by atoms with E-state index in [4.69, 9.17) is 11.6 Å². The fraction of sp³-hybridized carbons (Fsp3) is 0.167. The van der Waals surface area contributed by atoms with E-state index in [0.717, 1.165) is 26.9 Å². The van der Waals surface area contributed by atoms with E-state index >= 15 is 0 Å². The number of amides is 1. The maximum absolute atomic E-state index is 12.9. The zero-order valence-electron chi connectivity index (χ0n) is 14.1. The van der Waals surface area contributed by atoms with Gasteiger partial charge in [-0.15, -0.1) is 22.7 Å². The van der Waals surface area contributed by atoms with E-state index in [1.807, 2.05) is 52.5 Å². The maximum atomic E-state index is 12.9. The van der Waals surface area contributed by atoms with Gasteiger partial charge in [-0.3, -0.25) is 9.20 Å². The highest BCUT2D eigenvalue weighted by molar-refractivity contribution is 7.15. The summed E-state index contributed by atoms with van der Waals surface area (Å²) in [5.41, 5.74) is 3.30. The minimum absolute atomic E-state index is 0.0563. The number of aromatic nitrogens is 3. The topological polar surface area (TPSA) is 50.5 Å². The molecule has 0 aliphatic heterocycles. The van der Waals surface area contributed by atoms with Crippen molar-refractivity contribution >= 4 is 45.1 Å². The molecule has 0 saturated carbocycles. The van der Waals surface area contributed by atoms with Crippen LogP contribution in [0, 0.1) is 6.92 Å². The van der Waals surface area contributed by atoms with E-state index in [2.05, 4.69) is 9.97 Å². The molecule has 0 fully saturated rings. The quantitative estimate of drug-likeness (QED) is 0.494. The number of hydrogen-bond donors (Lipinski definition) is 0. The average Bonchev–Trinajstić information content (AvgIpc) is 3.29. The molecular formula is C18H15ClN4OS2. The molecule has 1 amide bonds. The van der Waals surface area contributed by atoms with Gasteiger partial charge < -0.3 is 4.90 Å². The van der Waals surface area contributed by atoms with Crippen molar-refractivity contribution in [3.05, 3.63) is 62.6 Å². The molecular weight excluding hydrogens is 388 g/mol. The average molecular weight is 403 g/mol. The first kappa shape index (κ1) is 17.2. The SMILES string of the molecule is Cc1csc(CN(C)C(=O)c2csc3nc(-c4cccc(Cl)c4)cn23)n1. The number of imidazole rings is 1. The Morgan fingerprint density at radius 3 is 2.85 bits per heavy atom. The Balaban J connectivity index is 1.63. The molecule has 5 nitrogen and oxygen atoms in total. The number of carbonyl (C=O) groups excluding carboxylic acids is 1. The van der Waals surface area contributed by atoms with Gasteiger partial charge in [0, 0.05) is 40.3 Å². The van der Waals surface area contributed by atoms with Crippen molar-refractivity contribution in [2.45, 2.75) is 13.5 Å². The van der Waals surface area contributed by atoms with Crippen LogP contribution in [0.4, 0.5) is 0 Å². The van der Waals surface area contributed by atoms with Gasteiger partial charge in [-0.05, 0) is 19.1 Å². The molecule has 0 radical (unpaired) electrons. The second-order valence-electron chi connectivity index (χ2n) is 5.95. The van der Waals surface area contributed by atoms with Crippen molar-refractivity contribution in [1.29, 1.82) is 0 Å². The number of nitrogens with zero attached hydrogens (tertiary/aromatic N) is 4. The number of aryl methyl sites for hydroxylation is 1. The minimum atomic E-state index is -0.0563. The number of fused-ring (bicyclic) bond motifs is 1. The predicted molar refractivity (Wildman–Crippen MR) is 106 cm³/mol. The molecule has 0 aliphatic carbocycles. The van der Waals surface area contributed by atoms with Crippen LogP contribution in [-0.4, -0.2) is 32.2 Å². The van der Waals surface area contributed by atoms with Gasteiger partial charge >= 0.3 is 0 Å². The first-order valence-electron chi connectivity index (χ1n) is 7.90. The minimum Gasteiger partial charge on any atom is -0.334 e. The van der Waals surface area contributed by atoms with Crippen LogP contribution in [0.5, 0.6) is 0 Å². The number of halogens is 1. The molecule has 1 aromatic carbocycles. The number of rotatable bonds is 4. The lowest BCUT2D eigenvalue weighted by atomic mass is 10.2. The first-order chi connectivity index (χ1) is 12.5. The molecule has 0 bridgehead atoms. The zero-order valence-corrected chi connectivity index (χ0v) is 16.5.